The van der Waals surface area contributed by atoms with E-state index in [0.717, 1.165) is 6.42 Å². The topological polar surface area (TPSA) is 54.5 Å². The molecule has 1 heterocycles. The predicted molar refractivity (Wildman–Crippen MR) is 49.6 cm³/mol. The van der Waals surface area contributed by atoms with E-state index in [2.05, 4.69) is 0 Å². The summed E-state index contributed by atoms with van der Waals surface area (Å²) in [7, 11) is -3.64. The number of carbonyl (C=O) groups excluding carboxylic acids is 1. The molecule has 0 aromatic carbocycles. The summed E-state index contributed by atoms with van der Waals surface area (Å²) in [5.41, 5.74) is 0. The van der Waals surface area contributed by atoms with E-state index in [1.54, 1.807) is 13.8 Å². The molecule has 0 aromatic rings. The van der Waals surface area contributed by atoms with Gasteiger partial charge in [0.05, 0.1) is 0 Å². The van der Waals surface area contributed by atoms with Gasteiger partial charge in [-0.3, -0.25) is 4.79 Å². The van der Waals surface area contributed by atoms with Crippen molar-refractivity contribution in [2.24, 2.45) is 0 Å². The van der Waals surface area contributed by atoms with E-state index in [9.17, 15) is 13.2 Å². The summed E-state index contributed by atoms with van der Waals surface area (Å²) in [4.78, 5) is 11.2. The lowest BCUT2D eigenvalue weighted by atomic mass is 10.2. The normalized spacial score (nSPS) is 24.7. The van der Waals surface area contributed by atoms with E-state index in [4.69, 9.17) is 0 Å². The zero-order valence-electron chi connectivity index (χ0n) is 7.99. The lowest BCUT2D eigenvalue weighted by Gasteiger charge is -2.22. The molecule has 13 heavy (non-hydrogen) atoms. The SMILES string of the molecule is CC(C)N1CCCCC(=O)S1(=O)=O. The van der Waals surface area contributed by atoms with Gasteiger partial charge < -0.3 is 0 Å². The summed E-state index contributed by atoms with van der Waals surface area (Å²) in [5.74, 6) is 0. The van der Waals surface area contributed by atoms with Gasteiger partial charge in [0.1, 0.15) is 0 Å². The van der Waals surface area contributed by atoms with E-state index in [0.29, 0.717) is 13.0 Å². The highest BCUT2D eigenvalue weighted by Crippen LogP contribution is 2.17. The Bertz CT molecular complexity index is 295. The van der Waals surface area contributed by atoms with Gasteiger partial charge >= 0.3 is 0 Å². The van der Waals surface area contributed by atoms with Crippen molar-refractivity contribution in [3.8, 4) is 0 Å². The van der Waals surface area contributed by atoms with Gasteiger partial charge in [-0.25, -0.2) is 8.42 Å². The first kappa shape index (κ1) is 10.7. The third-order valence-corrected chi connectivity index (χ3v) is 4.18. The molecule has 0 saturated carbocycles. The van der Waals surface area contributed by atoms with E-state index >= 15 is 0 Å². The number of nitrogens with zero attached hydrogens (tertiary/aromatic N) is 1. The van der Waals surface area contributed by atoms with Crippen molar-refractivity contribution >= 4 is 15.1 Å². The van der Waals surface area contributed by atoms with Gasteiger partial charge in [-0.05, 0) is 26.7 Å². The van der Waals surface area contributed by atoms with Crippen LogP contribution in [0.1, 0.15) is 33.1 Å². The minimum absolute atomic E-state index is 0.118. The molecule has 0 bridgehead atoms. The number of hydrogen-bond acceptors (Lipinski definition) is 3. The van der Waals surface area contributed by atoms with Crippen molar-refractivity contribution in [2.75, 3.05) is 6.54 Å². The lowest BCUT2D eigenvalue weighted by Crippen LogP contribution is -2.39. The summed E-state index contributed by atoms with van der Waals surface area (Å²) in [6.07, 6.45) is 1.63. The third-order valence-electron chi connectivity index (χ3n) is 2.18. The van der Waals surface area contributed by atoms with Crippen molar-refractivity contribution in [1.29, 1.82) is 0 Å². The van der Waals surface area contributed by atoms with Crippen LogP contribution in [0.4, 0.5) is 0 Å². The van der Waals surface area contributed by atoms with Crippen LogP contribution in [0.5, 0.6) is 0 Å². The van der Waals surface area contributed by atoms with E-state index in [-0.39, 0.29) is 12.5 Å². The molecule has 0 N–H and O–H groups in total. The Morgan fingerprint density at radius 1 is 1.31 bits per heavy atom. The zero-order valence-corrected chi connectivity index (χ0v) is 8.80. The molecule has 0 atom stereocenters. The molecule has 0 aliphatic carbocycles. The number of rotatable bonds is 1. The van der Waals surface area contributed by atoms with Crippen molar-refractivity contribution in [3.63, 3.8) is 0 Å². The van der Waals surface area contributed by atoms with Crippen molar-refractivity contribution in [2.45, 2.75) is 39.2 Å². The molecule has 5 heteroatoms. The van der Waals surface area contributed by atoms with Crippen LogP contribution >= 0.6 is 0 Å². The second-order valence-electron chi connectivity index (χ2n) is 3.54. The second kappa shape index (κ2) is 3.75. The average Bonchev–Trinajstić information content (AvgIpc) is 2.12. The zero-order chi connectivity index (χ0) is 10.1. The average molecular weight is 205 g/mol. The Hall–Kier alpha value is -0.420. The minimum atomic E-state index is -3.64. The van der Waals surface area contributed by atoms with Crippen LogP contribution in [0.15, 0.2) is 0 Å². The van der Waals surface area contributed by atoms with Gasteiger partial charge in [0.15, 0.2) is 0 Å². The molecule has 0 amide bonds. The molecule has 1 aliphatic rings. The molecule has 4 nitrogen and oxygen atoms in total. The summed E-state index contributed by atoms with van der Waals surface area (Å²) >= 11 is 0. The standard InChI is InChI=1S/C8H15NO3S/c1-7(2)9-6-4-3-5-8(10)13(9,11)12/h7H,3-6H2,1-2H3. The summed E-state index contributed by atoms with van der Waals surface area (Å²) < 4.78 is 24.4. The van der Waals surface area contributed by atoms with Gasteiger partial charge in [-0.1, -0.05) is 0 Å². The third kappa shape index (κ3) is 2.08. The summed E-state index contributed by atoms with van der Waals surface area (Å²) in [6, 6.07) is -0.118. The fourth-order valence-corrected chi connectivity index (χ4v) is 3.04. The smallest absolute Gasteiger partial charge is 0.277 e. The Labute approximate surface area is 79.0 Å². The Morgan fingerprint density at radius 2 is 1.92 bits per heavy atom. The summed E-state index contributed by atoms with van der Waals surface area (Å²) in [6.45, 7) is 4.05. The van der Waals surface area contributed by atoms with Crippen LogP contribution in [0, 0.1) is 0 Å². The quantitative estimate of drug-likeness (QED) is 0.634. The first-order chi connectivity index (χ1) is 5.96. The van der Waals surface area contributed by atoms with E-state index in [1.807, 2.05) is 0 Å². The maximum Gasteiger partial charge on any atom is 0.277 e. The molecule has 1 fully saturated rings. The monoisotopic (exact) mass is 205 g/mol. The minimum Gasteiger partial charge on any atom is -0.280 e. The molecule has 76 valence electrons. The maximum absolute atomic E-state index is 11.6. The second-order valence-corrected chi connectivity index (χ2v) is 5.41. The highest BCUT2D eigenvalue weighted by atomic mass is 32.2. The van der Waals surface area contributed by atoms with Crippen LogP contribution in [0.3, 0.4) is 0 Å². The summed E-state index contributed by atoms with van der Waals surface area (Å²) in [5, 5.41) is -0.626. The Morgan fingerprint density at radius 3 is 2.46 bits per heavy atom. The lowest BCUT2D eigenvalue weighted by molar-refractivity contribution is -0.112. The van der Waals surface area contributed by atoms with Crippen LogP contribution in [0.25, 0.3) is 0 Å². The number of sulfonamides is 1. The first-order valence-electron chi connectivity index (χ1n) is 4.51. The largest absolute Gasteiger partial charge is 0.280 e. The van der Waals surface area contributed by atoms with Gasteiger partial charge in [0, 0.05) is 19.0 Å². The van der Waals surface area contributed by atoms with Gasteiger partial charge in [0.2, 0.25) is 0 Å². The fraction of sp³-hybridized carbons (Fsp3) is 0.875. The van der Waals surface area contributed by atoms with Crippen molar-refractivity contribution in [3.05, 3.63) is 0 Å². The molecule has 1 saturated heterocycles. The van der Waals surface area contributed by atoms with Crippen molar-refractivity contribution < 1.29 is 13.2 Å². The Kier molecular flexibility index (Phi) is 3.08. The van der Waals surface area contributed by atoms with Crippen molar-refractivity contribution in [1.82, 2.24) is 4.31 Å². The molecule has 0 unspecified atom stereocenters. The maximum atomic E-state index is 11.6. The number of hydrogen-bond donors (Lipinski definition) is 0. The van der Waals surface area contributed by atoms with Gasteiger partial charge in [-0.15, -0.1) is 0 Å². The molecular formula is C8H15NO3S. The van der Waals surface area contributed by atoms with Crippen LogP contribution in [0.2, 0.25) is 0 Å². The number of carbonyl (C=O) groups is 1. The molecular weight excluding hydrogens is 190 g/mol. The van der Waals surface area contributed by atoms with Gasteiger partial charge in [-0.2, -0.15) is 4.31 Å². The Balaban J connectivity index is 2.99. The molecule has 0 aromatic heterocycles. The first-order valence-corrected chi connectivity index (χ1v) is 5.95. The molecule has 0 radical (unpaired) electrons. The van der Waals surface area contributed by atoms with E-state index < -0.39 is 15.1 Å². The van der Waals surface area contributed by atoms with Crippen LogP contribution in [-0.4, -0.2) is 30.4 Å². The molecule has 1 rings (SSSR count). The highest BCUT2D eigenvalue weighted by molar-refractivity contribution is 8.04. The molecule has 0 spiro atoms. The van der Waals surface area contributed by atoms with Crippen LogP contribution < -0.4 is 0 Å². The predicted octanol–water partition coefficient (Wildman–Crippen LogP) is 0.737. The fourth-order valence-electron chi connectivity index (χ4n) is 1.45. The molecule has 1 aliphatic heterocycles. The van der Waals surface area contributed by atoms with E-state index in [1.165, 1.54) is 4.31 Å². The highest BCUT2D eigenvalue weighted by Gasteiger charge is 2.33. The van der Waals surface area contributed by atoms with Gasteiger partial charge in [0.25, 0.3) is 15.1 Å². The van der Waals surface area contributed by atoms with Crippen LogP contribution in [-0.2, 0) is 14.8 Å².